The lowest BCUT2D eigenvalue weighted by molar-refractivity contribution is 0.334. The third kappa shape index (κ3) is 3.38. The monoisotopic (exact) mass is 200 g/mol. The quantitative estimate of drug-likeness (QED) is 0.734. The average molecular weight is 200 g/mol. The van der Waals surface area contributed by atoms with Crippen molar-refractivity contribution in [1.29, 1.82) is 10.5 Å². The van der Waals surface area contributed by atoms with E-state index in [1.54, 1.807) is 6.20 Å². The van der Waals surface area contributed by atoms with Crippen molar-refractivity contribution in [2.24, 2.45) is 0 Å². The maximum atomic E-state index is 8.82. The van der Waals surface area contributed by atoms with Gasteiger partial charge in [-0.3, -0.25) is 0 Å². The lowest BCUT2D eigenvalue weighted by atomic mass is 10.2. The van der Waals surface area contributed by atoms with E-state index < -0.39 is 0 Å². The number of pyridine rings is 1. The molecule has 0 amide bonds. The SMILES string of the molecule is CN(CCC#N)Cc1cccnc1C#N. The van der Waals surface area contributed by atoms with Crippen molar-refractivity contribution in [1.82, 2.24) is 9.88 Å². The molecule has 0 saturated heterocycles. The highest BCUT2D eigenvalue weighted by Gasteiger charge is 2.05. The highest BCUT2D eigenvalue weighted by molar-refractivity contribution is 5.30. The molecule has 0 aliphatic heterocycles. The van der Waals surface area contributed by atoms with Crippen molar-refractivity contribution in [3.05, 3.63) is 29.6 Å². The van der Waals surface area contributed by atoms with Gasteiger partial charge < -0.3 is 4.90 Å². The third-order valence-electron chi connectivity index (χ3n) is 2.04. The second-order valence-corrected chi connectivity index (χ2v) is 3.27. The highest BCUT2D eigenvalue weighted by Crippen LogP contribution is 2.06. The minimum Gasteiger partial charge on any atom is -0.301 e. The van der Waals surface area contributed by atoms with E-state index in [0.29, 0.717) is 25.2 Å². The fourth-order valence-electron chi connectivity index (χ4n) is 1.28. The van der Waals surface area contributed by atoms with Crippen LogP contribution in [0.3, 0.4) is 0 Å². The maximum Gasteiger partial charge on any atom is 0.144 e. The van der Waals surface area contributed by atoms with Gasteiger partial charge in [0.1, 0.15) is 11.8 Å². The summed E-state index contributed by atoms with van der Waals surface area (Å²) in [6.45, 7) is 1.36. The molecule has 1 aromatic rings. The smallest absolute Gasteiger partial charge is 0.144 e. The second-order valence-electron chi connectivity index (χ2n) is 3.27. The van der Waals surface area contributed by atoms with E-state index >= 15 is 0 Å². The van der Waals surface area contributed by atoms with Crippen LogP contribution < -0.4 is 0 Å². The van der Waals surface area contributed by atoms with Gasteiger partial charge in [-0.15, -0.1) is 0 Å². The number of hydrogen-bond donors (Lipinski definition) is 0. The molecule has 0 radical (unpaired) electrons. The zero-order chi connectivity index (χ0) is 11.1. The topological polar surface area (TPSA) is 63.7 Å². The molecule has 0 aromatic carbocycles. The van der Waals surface area contributed by atoms with Crippen molar-refractivity contribution >= 4 is 0 Å². The predicted octanol–water partition coefficient (Wildman–Crippen LogP) is 1.30. The van der Waals surface area contributed by atoms with Gasteiger partial charge in [-0.1, -0.05) is 6.07 Å². The fraction of sp³-hybridized carbons (Fsp3) is 0.364. The van der Waals surface area contributed by atoms with E-state index in [2.05, 4.69) is 17.1 Å². The van der Waals surface area contributed by atoms with Crippen LogP contribution in [-0.4, -0.2) is 23.5 Å². The lowest BCUT2D eigenvalue weighted by Crippen LogP contribution is -2.19. The van der Waals surface area contributed by atoms with Gasteiger partial charge in [0.25, 0.3) is 0 Å². The Hall–Kier alpha value is -1.91. The fourth-order valence-corrected chi connectivity index (χ4v) is 1.28. The highest BCUT2D eigenvalue weighted by atomic mass is 15.1. The van der Waals surface area contributed by atoms with E-state index in [4.69, 9.17) is 10.5 Å². The third-order valence-corrected chi connectivity index (χ3v) is 2.04. The molecule has 0 atom stereocenters. The first-order chi connectivity index (χ1) is 7.27. The first kappa shape index (κ1) is 11.2. The Morgan fingerprint density at radius 1 is 1.47 bits per heavy atom. The van der Waals surface area contributed by atoms with Crippen LogP contribution in [0.15, 0.2) is 18.3 Å². The lowest BCUT2D eigenvalue weighted by Gasteiger charge is -2.14. The Morgan fingerprint density at radius 2 is 2.27 bits per heavy atom. The molecule has 0 fully saturated rings. The Labute approximate surface area is 89.4 Å². The predicted molar refractivity (Wildman–Crippen MR) is 55.5 cm³/mol. The Balaban J connectivity index is 2.65. The number of nitrogens with zero attached hydrogens (tertiary/aromatic N) is 4. The summed E-state index contributed by atoms with van der Waals surface area (Å²) in [4.78, 5) is 5.98. The van der Waals surface area contributed by atoms with Crippen LogP contribution in [0.2, 0.25) is 0 Å². The molecule has 0 saturated carbocycles. The van der Waals surface area contributed by atoms with Gasteiger partial charge in [-0.05, 0) is 13.1 Å². The summed E-state index contributed by atoms with van der Waals surface area (Å²) in [6.07, 6.45) is 2.11. The van der Waals surface area contributed by atoms with Crippen LogP contribution >= 0.6 is 0 Å². The molecule has 0 unspecified atom stereocenters. The van der Waals surface area contributed by atoms with Crippen molar-refractivity contribution in [2.45, 2.75) is 13.0 Å². The molecule has 0 aliphatic rings. The minimum atomic E-state index is 0.460. The summed E-state index contributed by atoms with van der Waals surface area (Å²) in [5, 5.41) is 17.3. The molecule has 1 heterocycles. The van der Waals surface area contributed by atoms with Crippen LogP contribution in [-0.2, 0) is 6.54 Å². The van der Waals surface area contributed by atoms with Crippen molar-refractivity contribution < 1.29 is 0 Å². The summed E-state index contributed by atoms with van der Waals surface area (Å²) in [7, 11) is 1.92. The van der Waals surface area contributed by atoms with Crippen LogP contribution in [0.5, 0.6) is 0 Å². The van der Waals surface area contributed by atoms with E-state index in [9.17, 15) is 0 Å². The molecule has 76 valence electrons. The van der Waals surface area contributed by atoms with Gasteiger partial charge in [0.2, 0.25) is 0 Å². The molecule has 0 spiro atoms. The molecule has 0 N–H and O–H groups in total. The molecule has 0 aliphatic carbocycles. The summed E-state index contributed by atoms with van der Waals surface area (Å²) >= 11 is 0. The summed E-state index contributed by atoms with van der Waals surface area (Å²) in [5.41, 5.74) is 1.36. The normalized spacial score (nSPS) is 9.60. The van der Waals surface area contributed by atoms with E-state index in [1.807, 2.05) is 24.1 Å². The number of nitriles is 2. The summed E-state index contributed by atoms with van der Waals surface area (Å²) in [6, 6.07) is 7.84. The molecule has 4 nitrogen and oxygen atoms in total. The van der Waals surface area contributed by atoms with Crippen LogP contribution in [0.1, 0.15) is 17.7 Å². The molecule has 15 heavy (non-hydrogen) atoms. The van der Waals surface area contributed by atoms with Gasteiger partial charge in [-0.2, -0.15) is 10.5 Å². The molecule has 4 heteroatoms. The van der Waals surface area contributed by atoms with E-state index in [-0.39, 0.29) is 0 Å². The summed E-state index contributed by atoms with van der Waals surface area (Å²) in [5.74, 6) is 0. The van der Waals surface area contributed by atoms with Crippen molar-refractivity contribution in [2.75, 3.05) is 13.6 Å². The first-order valence-corrected chi connectivity index (χ1v) is 4.67. The Bertz CT molecular complexity index is 400. The molecule has 1 rings (SSSR count). The van der Waals surface area contributed by atoms with Crippen LogP contribution in [0.25, 0.3) is 0 Å². The van der Waals surface area contributed by atoms with Gasteiger partial charge >= 0.3 is 0 Å². The molecule has 1 aromatic heterocycles. The molecular weight excluding hydrogens is 188 g/mol. The molecular formula is C11H12N4. The van der Waals surface area contributed by atoms with Gasteiger partial charge in [0, 0.05) is 31.3 Å². The summed E-state index contributed by atoms with van der Waals surface area (Å²) < 4.78 is 0. The van der Waals surface area contributed by atoms with Gasteiger partial charge in [0.05, 0.1) is 6.07 Å². The van der Waals surface area contributed by atoms with Crippen molar-refractivity contribution in [3.63, 3.8) is 0 Å². The first-order valence-electron chi connectivity index (χ1n) is 4.67. The Morgan fingerprint density at radius 3 is 2.93 bits per heavy atom. The largest absolute Gasteiger partial charge is 0.301 e. The number of aromatic nitrogens is 1. The van der Waals surface area contributed by atoms with Crippen LogP contribution in [0, 0.1) is 22.7 Å². The van der Waals surface area contributed by atoms with Gasteiger partial charge in [-0.25, -0.2) is 4.98 Å². The zero-order valence-electron chi connectivity index (χ0n) is 8.64. The number of rotatable bonds is 4. The average Bonchev–Trinajstić information content (AvgIpc) is 2.27. The van der Waals surface area contributed by atoms with E-state index in [1.165, 1.54) is 0 Å². The zero-order valence-corrected chi connectivity index (χ0v) is 8.64. The van der Waals surface area contributed by atoms with Gasteiger partial charge in [0.15, 0.2) is 0 Å². The molecule has 0 bridgehead atoms. The van der Waals surface area contributed by atoms with Crippen LogP contribution in [0.4, 0.5) is 0 Å². The standard InChI is InChI=1S/C11H12N4/c1-15(7-3-5-12)9-10-4-2-6-14-11(10)8-13/h2,4,6H,3,7,9H2,1H3. The number of hydrogen-bond acceptors (Lipinski definition) is 4. The second kappa shape index (κ2) is 5.74. The van der Waals surface area contributed by atoms with E-state index in [0.717, 1.165) is 5.56 Å². The minimum absolute atomic E-state index is 0.460. The Kier molecular flexibility index (Phi) is 4.28. The maximum absolute atomic E-state index is 8.82. The van der Waals surface area contributed by atoms with Crippen molar-refractivity contribution in [3.8, 4) is 12.1 Å².